The molecule has 0 atom stereocenters. The lowest BCUT2D eigenvalue weighted by atomic mass is 10.1. The first-order chi connectivity index (χ1) is 8.78. The van der Waals surface area contributed by atoms with Gasteiger partial charge < -0.3 is 15.5 Å². The number of fused-ring (bicyclic) bond motifs is 1. The van der Waals surface area contributed by atoms with Gasteiger partial charge in [0.2, 0.25) is 11.8 Å². The molecular weight excluding hydrogens is 230 g/mol. The molecule has 0 radical (unpaired) electrons. The van der Waals surface area contributed by atoms with E-state index in [0.29, 0.717) is 5.88 Å². The minimum absolute atomic E-state index is 0.253. The molecule has 3 heterocycles. The molecule has 3 aromatic heterocycles. The Balaban J connectivity index is 2.22. The number of nitrogen functional groups attached to an aromatic ring is 1. The van der Waals surface area contributed by atoms with Crippen LogP contribution in [0.2, 0.25) is 0 Å². The zero-order valence-corrected chi connectivity index (χ0v) is 9.71. The van der Waals surface area contributed by atoms with Gasteiger partial charge in [0.05, 0.1) is 24.5 Å². The second-order valence-electron chi connectivity index (χ2n) is 3.77. The van der Waals surface area contributed by atoms with Gasteiger partial charge in [-0.1, -0.05) is 0 Å². The Morgan fingerprint density at radius 3 is 3.00 bits per heavy atom. The van der Waals surface area contributed by atoms with E-state index in [-0.39, 0.29) is 5.95 Å². The quantitative estimate of drug-likeness (QED) is 0.711. The maximum atomic E-state index is 5.60. The lowest BCUT2D eigenvalue weighted by molar-refractivity contribution is 0.399. The monoisotopic (exact) mass is 241 g/mol. The van der Waals surface area contributed by atoms with Crippen LogP contribution in [-0.2, 0) is 0 Å². The molecule has 0 aliphatic rings. The summed E-state index contributed by atoms with van der Waals surface area (Å²) in [5.41, 5.74) is 8.22. The van der Waals surface area contributed by atoms with Crippen molar-refractivity contribution in [3.8, 4) is 17.1 Å². The summed E-state index contributed by atoms with van der Waals surface area (Å²) < 4.78 is 5.12. The number of aromatic nitrogens is 4. The fraction of sp³-hybridized carbons (Fsp3) is 0.0833. The Morgan fingerprint density at radius 2 is 2.22 bits per heavy atom. The average Bonchev–Trinajstić information content (AvgIpc) is 2.81. The Bertz CT molecular complexity index is 707. The number of rotatable bonds is 2. The van der Waals surface area contributed by atoms with Crippen molar-refractivity contribution in [3.63, 3.8) is 0 Å². The molecule has 3 N–H and O–H groups in total. The van der Waals surface area contributed by atoms with Crippen LogP contribution >= 0.6 is 0 Å². The van der Waals surface area contributed by atoms with Gasteiger partial charge in [-0.05, 0) is 6.07 Å². The maximum absolute atomic E-state index is 5.60. The molecule has 18 heavy (non-hydrogen) atoms. The third-order valence-corrected chi connectivity index (χ3v) is 2.70. The van der Waals surface area contributed by atoms with E-state index < -0.39 is 0 Å². The molecule has 0 fully saturated rings. The van der Waals surface area contributed by atoms with Gasteiger partial charge in [-0.15, -0.1) is 0 Å². The minimum atomic E-state index is 0.253. The van der Waals surface area contributed by atoms with E-state index in [1.165, 1.54) is 0 Å². The summed E-state index contributed by atoms with van der Waals surface area (Å²) in [6, 6.07) is 3.67. The molecule has 90 valence electrons. The van der Waals surface area contributed by atoms with Gasteiger partial charge in [-0.2, -0.15) is 0 Å². The SMILES string of the molecule is COc1cc2c(-c3ccnc(N)n3)c[nH]c2cn1. The predicted octanol–water partition coefficient (Wildman–Crippen LogP) is 1.61. The number of hydrogen-bond donors (Lipinski definition) is 2. The van der Waals surface area contributed by atoms with Crippen molar-refractivity contribution in [2.45, 2.75) is 0 Å². The van der Waals surface area contributed by atoms with Crippen LogP contribution < -0.4 is 10.5 Å². The zero-order valence-electron chi connectivity index (χ0n) is 9.71. The summed E-state index contributed by atoms with van der Waals surface area (Å²) >= 11 is 0. The van der Waals surface area contributed by atoms with E-state index in [0.717, 1.165) is 22.2 Å². The topological polar surface area (TPSA) is 89.7 Å². The summed E-state index contributed by atoms with van der Waals surface area (Å²) in [6.07, 6.45) is 5.23. The normalized spacial score (nSPS) is 10.7. The number of ether oxygens (including phenoxy) is 1. The second kappa shape index (κ2) is 3.99. The van der Waals surface area contributed by atoms with Crippen LogP contribution in [-0.4, -0.2) is 27.0 Å². The van der Waals surface area contributed by atoms with E-state index in [1.54, 1.807) is 19.5 Å². The number of H-pyrrole nitrogens is 1. The lowest BCUT2D eigenvalue weighted by Gasteiger charge is -2.01. The highest BCUT2D eigenvalue weighted by Crippen LogP contribution is 2.28. The zero-order chi connectivity index (χ0) is 12.5. The first kappa shape index (κ1) is 10.5. The second-order valence-corrected chi connectivity index (χ2v) is 3.77. The number of hydrogen-bond acceptors (Lipinski definition) is 5. The van der Waals surface area contributed by atoms with Crippen molar-refractivity contribution < 1.29 is 4.74 Å². The summed E-state index contributed by atoms with van der Waals surface area (Å²) in [6.45, 7) is 0. The number of methoxy groups -OCH3 is 1. The first-order valence-electron chi connectivity index (χ1n) is 5.38. The van der Waals surface area contributed by atoms with Crippen LogP contribution in [0.15, 0.2) is 30.7 Å². The highest BCUT2D eigenvalue weighted by Gasteiger charge is 2.09. The van der Waals surface area contributed by atoms with Crippen molar-refractivity contribution in [3.05, 3.63) is 30.7 Å². The van der Waals surface area contributed by atoms with Crippen LogP contribution in [0.5, 0.6) is 5.88 Å². The molecule has 6 heteroatoms. The minimum Gasteiger partial charge on any atom is -0.481 e. The third kappa shape index (κ3) is 1.64. The number of nitrogens with zero attached hydrogens (tertiary/aromatic N) is 3. The van der Waals surface area contributed by atoms with E-state index >= 15 is 0 Å². The highest BCUT2D eigenvalue weighted by atomic mass is 16.5. The number of nitrogens with two attached hydrogens (primary N) is 1. The summed E-state index contributed by atoms with van der Waals surface area (Å²) in [4.78, 5) is 15.4. The molecule has 0 aliphatic carbocycles. The van der Waals surface area contributed by atoms with E-state index in [4.69, 9.17) is 10.5 Å². The van der Waals surface area contributed by atoms with E-state index in [2.05, 4.69) is 19.9 Å². The van der Waals surface area contributed by atoms with Gasteiger partial charge in [-0.3, -0.25) is 0 Å². The Kier molecular flexibility index (Phi) is 2.33. The van der Waals surface area contributed by atoms with Gasteiger partial charge in [0.15, 0.2) is 0 Å². The van der Waals surface area contributed by atoms with Crippen molar-refractivity contribution in [1.82, 2.24) is 19.9 Å². The van der Waals surface area contributed by atoms with Crippen LogP contribution in [0.4, 0.5) is 5.95 Å². The fourth-order valence-corrected chi connectivity index (χ4v) is 1.85. The van der Waals surface area contributed by atoms with Crippen LogP contribution in [0, 0.1) is 0 Å². The van der Waals surface area contributed by atoms with E-state index in [1.807, 2.05) is 18.3 Å². The van der Waals surface area contributed by atoms with Gasteiger partial charge in [-0.25, -0.2) is 15.0 Å². The number of nitrogens with one attached hydrogen (secondary N) is 1. The molecule has 0 bridgehead atoms. The van der Waals surface area contributed by atoms with Crippen molar-refractivity contribution in [1.29, 1.82) is 0 Å². The molecule has 0 aromatic carbocycles. The van der Waals surface area contributed by atoms with Gasteiger partial charge >= 0.3 is 0 Å². The first-order valence-corrected chi connectivity index (χ1v) is 5.38. The van der Waals surface area contributed by atoms with Crippen LogP contribution in [0.25, 0.3) is 22.2 Å². The summed E-state index contributed by atoms with van der Waals surface area (Å²) in [5.74, 6) is 0.813. The lowest BCUT2D eigenvalue weighted by Crippen LogP contribution is -1.94. The summed E-state index contributed by atoms with van der Waals surface area (Å²) in [7, 11) is 1.59. The smallest absolute Gasteiger partial charge is 0.220 e. The maximum Gasteiger partial charge on any atom is 0.220 e. The van der Waals surface area contributed by atoms with Crippen molar-refractivity contribution in [2.75, 3.05) is 12.8 Å². The molecule has 0 unspecified atom stereocenters. The Morgan fingerprint density at radius 1 is 1.33 bits per heavy atom. The van der Waals surface area contributed by atoms with Gasteiger partial charge in [0.1, 0.15) is 0 Å². The largest absolute Gasteiger partial charge is 0.481 e. The van der Waals surface area contributed by atoms with Crippen LogP contribution in [0.1, 0.15) is 0 Å². The number of anilines is 1. The molecule has 0 amide bonds. The molecule has 3 aromatic rings. The molecule has 0 aliphatic heterocycles. The molecule has 6 nitrogen and oxygen atoms in total. The van der Waals surface area contributed by atoms with Crippen LogP contribution in [0.3, 0.4) is 0 Å². The molecule has 0 spiro atoms. The van der Waals surface area contributed by atoms with Crippen molar-refractivity contribution in [2.24, 2.45) is 0 Å². The highest BCUT2D eigenvalue weighted by molar-refractivity contribution is 5.94. The third-order valence-electron chi connectivity index (χ3n) is 2.70. The predicted molar refractivity (Wildman–Crippen MR) is 68.1 cm³/mol. The number of aromatic amines is 1. The molecule has 0 saturated carbocycles. The van der Waals surface area contributed by atoms with Gasteiger partial charge in [0, 0.05) is 29.4 Å². The fourth-order valence-electron chi connectivity index (χ4n) is 1.85. The summed E-state index contributed by atoms with van der Waals surface area (Å²) in [5, 5.41) is 0.986. The molecule has 0 saturated heterocycles. The molecule has 3 rings (SSSR count). The van der Waals surface area contributed by atoms with E-state index in [9.17, 15) is 0 Å². The molecular formula is C12H11N5O. The average molecular weight is 241 g/mol. The van der Waals surface area contributed by atoms with Crippen molar-refractivity contribution >= 4 is 16.9 Å². The number of pyridine rings is 1. The van der Waals surface area contributed by atoms with Gasteiger partial charge in [0.25, 0.3) is 0 Å². The Labute approximate surface area is 103 Å². The Hall–Kier alpha value is -2.63. The standard InChI is InChI=1S/C12H11N5O/c1-18-11-4-7-8(5-15-10(7)6-16-11)9-2-3-14-12(13)17-9/h2-6,15H,1H3,(H2,13,14,17).